The minimum atomic E-state index is 0.904. The number of rotatable bonds is 3. The number of furan rings is 2. The molecule has 232 valence electrons. The van der Waals surface area contributed by atoms with Crippen LogP contribution in [0.4, 0.5) is 0 Å². The molecule has 2 aromatic heterocycles. The normalized spacial score (nSPS) is 12.0. The Balaban J connectivity index is 1.12. The first-order valence-corrected chi connectivity index (χ1v) is 17.1. The standard InChI is InChI=1S/C48H28O2/c1-2-13-34-29(10-1)20-24-41-36-23-21-33(28-45(36)50-48(34)41)47-39-17-5-3-15-37(39)46(38-16-4-6-18-40(38)47)32-12-9-11-30(26-32)31-22-25-44-42(27-31)35-14-7-8-19-43(35)49-44/h1-28H. The van der Waals surface area contributed by atoms with Crippen molar-refractivity contribution >= 4 is 76.2 Å². The van der Waals surface area contributed by atoms with Crippen molar-refractivity contribution in [2.45, 2.75) is 0 Å². The fourth-order valence-corrected chi connectivity index (χ4v) is 8.17. The van der Waals surface area contributed by atoms with Gasteiger partial charge in [0.1, 0.15) is 22.3 Å². The van der Waals surface area contributed by atoms with Crippen molar-refractivity contribution in [3.8, 4) is 33.4 Å². The van der Waals surface area contributed by atoms with E-state index in [9.17, 15) is 0 Å². The highest BCUT2D eigenvalue weighted by Crippen LogP contribution is 2.45. The molecule has 2 heterocycles. The smallest absolute Gasteiger partial charge is 0.143 e. The maximum absolute atomic E-state index is 6.64. The first kappa shape index (κ1) is 27.3. The quantitative estimate of drug-likeness (QED) is 0.180. The number of hydrogen-bond acceptors (Lipinski definition) is 2. The monoisotopic (exact) mass is 636 g/mol. The molecule has 0 radical (unpaired) electrons. The highest BCUT2D eigenvalue weighted by Gasteiger charge is 2.19. The van der Waals surface area contributed by atoms with Crippen LogP contribution in [0.15, 0.2) is 179 Å². The van der Waals surface area contributed by atoms with E-state index in [0.717, 1.165) is 54.8 Å². The largest absolute Gasteiger partial charge is 0.456 e. The minimum Gasteiger partial charge on any atom is -0.456 e. The van der Waals surface area contributed by atoms with Gasteiger partial charge in [0.05, 0.1) is 0 Å². The SMILES string of the molecule is c1cc(-c2ccc3oc4ccccc4c3c2)cc(-c2c3ccccc3c(-c3ccc4c(c3)oc3c5ccccc5ccc43)c3ccccc23)c1. The van der Waals surface area contributed by atoms with E-state index in [0.29, 0.717) is 0 Å². The highest BCUT2D eigenvalue weighted by atomic mass is 16.3. The van der Waals surface area contributed by atoms with E-state index < -0.39 is 0 Å². The third-order valence-corrected chi connectivity index (χ3v) is 10.4. The molecule has 0 bridgehead atoms. The summed E-state index contributed by atoms with van der Waals surface area (Å²) in [6, 6.07) is 60.9. The predicted octanol–water partition coefficient (Wildman–Crippen LogP) is 13.9. The molecule has 0 atom stereocenters. The van der Waals surface area contributed by atoms with E-state index in [-0.39, 0.29) is 0 Å². The zero-order chi connectivity index (χ0) is 32.8. The molecule has 11 aromatic rings. The van der Waals surface area contributed by atoms with Crippen LogP contribution in [0.25, 0.3) is 110 Å². The van der Waals surface area contributed by atoms with Crippen LogP contribution in [0, 0.1) is 0 Å². The number of para-hydroxylation sites is 1. The molecule has 0 unspecified atom stereocenters. The van der Waals surface area contributed by atoms with Crippen LogP contribution in [-0.2, 0) is 0 Å². The summed E-state index contributed by atoms with van der Waals surface area (Å²) in [5.41, 5.74) is 10.8. The van der Waals surface area contributed by atoms with E-state index in [2.05, 4.69) is 158 Å². The maximum atomic E-state index is 6.64. The summed E-state index contributed by atoms with van der Waals surface area (Å²) in [5.74, 6) is 0. The Morgan fingerprint density at radius 1 is 0.260 bits per heavy atom. The fraction of sp³-hybridized carbons (Fsp3) is 0. The van der Waals surface area contributed by atoms with Gasteiger partial charge < -0.3 is 8.83 Å². The summed E-state index contributed by atoms with van der Waals surface area (Å²) >= 11 is 0. The van der Waals surface area contributed by atoms with Gasteiger partial charge in [0, 0.05) is 26.9 Å². The van der Waals surface area contributed by atoms with Crippen LogP contribution in [0.5, 0.6) is 0 Å². The Labute approximate surface area is 287 Å². The van der Waals surface area contributed by atoms with Gasteiger partial charge >= 0.3 is 0 Å². The summed E-state index contributed by atoms with van der Waals surface area (Å²) in [6.45, 7) is 0. The second-order valence-electron chi connectivity index (χ2n) is 13.2. The number of hydrogen-bond donors (Lipinski definition) is 0. The topological polar surface area (TPSA) is 26.3 Å². The molecule has 0 spiro atoms. The van der Waals surface area contributed by atoms with Gasteiger partial charge in [-0.3, -0.25) is 0 Å². The van der Waals surface area contributed by atoms with Crippen LogP contribution in [0.2, 0.25) is 0 Å². The van der Waals surface area contributed by atoms with Gasteiger partial charge in [-0.1, -0.05) is 127 Å². The van der Waals surface area contributed by atoms with Crippen molar-refractivity contribution in [3.05, 3.63) is 170 Å². The lowest BCUT2D eigenvalue weighted by Gasteiger charge is -2.18. The maximum Gasteiger partial charge on any atom is 0.143 e. The van der Waals surface area contributed by atoms with Gasteiger partial charge in [0.25, 0.3) is 0 Å². The molecule has 0 N–H and O–H groups in total. The van der Waals surface area contributed by atoms with Crippen LogP contribution in [-0.4, -0.2) is 0 Å². The van der Waals surface area contributed by atoms with Crippen LogP contribution >= 0.6 is 0 Å². The van der Waals surface area contributed by atoms with Gasteiger partial charge in [-0.2, -0.15) is 0 Å². The average Bonchev–Trinajstić information content (AvgIpc) is 3.75. The molecule has 50 heavy (non-hydrogen) atoms. The van der Waals surface area contributed by atoms with E-state index >= 15 is 0 Å². The molecule has 0 aliphatic rings. The van der Waals surface area contributed by atoms with Crippen molar-refractivity contribution < 1.29 is 8.83 Å². The van der Waals surface area contributed by atoms with Crippen LogP contribution in [0.1, 0.15) is 0 Å². The Bertz CT molecular complexity index is 3100. The molecule has 0 aliphatic carbocycles. The van der Waals surface area contributed by atoms with Crippen molar-refractivity contribution in [2.24, 2.45) is 0 Å². The van der Waals surface area contributed by atoms with E-state index in [1.54, 1.807) is 0 Å². The predicted molar refractivity (Wildman–Crippen MR) is 210 cm³/mol. The third kappa shape index (κ3) is 3.96. The Hall–Kier alpha value is -6.64. The minimum absolute atomic E-state index is 0.904. The van der Waals surface area contributed by atoms with Gasteiger partial charge in [-0.25, -0.2) is 0 Å². The summed E-state index contributed by atoms with van der Waals surface area (Å²) in [4.78, 5) is 0. The molecule has 0 aliphatic heterocycles. The molecule has 0 fully saturated rings. The molecular formula is C48H28O2. The Morgan fingerprint density at radius 2 is 0.800 bits per heavy atom. The number of benzene rings is 9. The fourth-order valence-electron chi connectivity index (χ4n) is 8.17. The number of fused-ring (bicyclic) bond motifs is 10. The summed E-state index contributed by atoms with van der Waals surface area (Å²) in [6.07, 6.45) is 0. The van der Waals surface area contributed by atoms with Crippen LogP contribution < -0.4 is 0 Å². The lowest BCUT2D eigenvalue weighted by atomic mass is 9.85. The molecule has 11 rings (SSSR count). The highest BCUT2D eigenvalue weighted by molar-refractivity contribution is 6.22. The molecule has 2 heteroatoms. The van der Waals surface area contributed by atoms with Crippen molar-refractivity contribution in [1.29, 1.82) is 0 Å². The van der Waals surface area contributed by atoms with Crippen molar-refractivity contribution in [1.82, 2.24) is 0 Å². The zero-order valence-electron chi connectivity index (χ0n) is 27.0. The van der Waals surface area contributed by atoms with Crippen molar-refractivity contribution in [2.75, 3.05) is 0 Å². The lowest BCUT2D eigenvalue weighted by Crippen LogP contribution is -1.91. The van der Waals surface area contributed by atoms with E-state index in [4.69, 9.17) is 8.83 Å². The summed E-state index contributed by atoms with van der Waals surface area (Å²) in [7, 11) is 0. The Morgan fingerprint density at radius 3 is 1.56 bits per heavy atom. The van der Waals surface area contributed by atoms with Crippen molar-refractivity contribution in [3.63, 3.8) is 0 Å². The summed E-state index contributed by atoms with van der Waals surface area (Å²) in [5, 5.41) is 11.8. The molecule has 2 nitrogen and oxygen atoms in total. The Kier molecular flexibility index (Phi) is 5.70. The molecule has 0 saturated carbocycles. The second-order valence-corrected chi connectivity index (χ2v) is 13.2. The summed E-state index contributed by atoms with van der Waals surface area (Å²) < 4.78 is 12.8. The average molecular weight is 637 g/mol. The van der Waals surface area contributed by atoms with Crippen LogP contribution in [0.3, 0.4) is 0 Å². The molecule has 0 amide bonds. The van der Waals surface area contributed by atoms with Gasteiger partial charge in [-0.15, -0.1) is 0 Å². The first-order valence-electron chi connectivity index (χ1n) is 17.1. The van der Waals surface area contributed by atoms with Gasteiger partial charge in [0.2, 0.25) is 0 Å². The van der Waals surface area contributed by atoms with E-state index in [1.807, 2.05) is 12.1 Å². The molecule has 0 saturated heterocycles. The molecule has 9 aromatic carbocycles. The van der Waals surface area contributed by atoms with E-state index in [1.165, 1.54) is 54.7 Å². The lowest BCUT2D eigenvalue weighted by molar-refractivity contribution is 0.669. The first-order chi connectivity index (χ1) is 24.8. The van der Waals surface area contributed by atoms with Gasteiger partial charge in [0.15, 0.2) is 0 Å². The second kappa shape index (κ2) is 10.4. The molecular weight excluding hydrogens is 609 g/mol. The van der Waals surface area contributed by atoms with Gasteiger partial charge in [-0.05, 0) is 103 Å². The third-order valence-electron chi connectivity index (χ3n) is 10.4. The zero-order valence-corrected chi connectivity index (χ0v) is 27.0.